The third-order valence-electron chi connectivity index (χ3n) is 4.52. The predicted molar refractivity (Wildman–Crippen MR) is 76.0 cm³/mol. The fourth-order valence-electron chi connectivity index (χ4n) is 3.32. The van der Waals surface area contributed by atoms with Gasteiger partial charge in [0.15, 0.2) is 0 Å². The molecule has 3 heteroatoms. The maximum Gasteiger partial charge on any atom is 0.0406 e. The molecule has 3 rings (SSSR count). The standard InChI is InChI=1S/C15H21ClN2/c1-12(13-4-6-14(16)7-5-13)18-10-9-17-8-2-3-15(17)11-18/h4-7,12,15H,2-3,8-11H2,1H3. The van der Waals surface area contributed by atoms with Crippen LogP contribution < -0.4 is 0 Å². The lowest BCUT2D eigenvalue weighted by molar-refractivity contribution is 0.0770. The lowest BCUT2D eigenvalue weighted by Crippen LogP contribution is -2.50. The van der Waals surface area contributed by atoms with Crippen LogP contribution in [0.3, 0.4) is 0 Å². The van der Waals surface area contributed by atoms with Gasteiger partial charge >= 0.3 is 0 Å². The monoisotopic (exact) mass is 264 g/mol. The molecule has 0 aliphatic carbocycles. The molecule has 2 saturated heterocycles. The Morgan fingerprint density at radius 3 is 2.72 bits per heavy atom. The average molecular weight is 265 g/mol. The van der Waals surface area contributed by atoms with Gasteiger partial charge in [0.25, 0.3) is 0 Å². The van der Waals surface area contributed by atoms with Gasteiger partial charge in [0.05, 0.1) is 0 Å². The molecular weight excluding hydrogens is 244 g/mol. The molecule has 0 amide bonds. The lowest BCUT2D eigenvalue weighted by atomic mass is 10.0. The van der Waals surface area contributed by atoms with Crippen molar-refractivity contribution in [2.24, 2.45) is 0 Å². The number of halogens is 1. The number of hydrogen-bond donors (Lipinski definition) is 0. The highest BCUT2D eigenvalue weighted by Crippen LogP contribution is 2.28. The lowest BCUT2D eigenvalue weighted by Gasteiger charge is -2.40. The van der Waals surface area contributed by atoms with Crippen LogP contribution in [0, 0.1) is 0 Å². The van der Waals surface area contributed by atoms with E-state index >= 15 is 0 Å². The van der Waals surface area contributed by atoms with Crippen LogP contribution in [0.1, 0.15) is 31.4 Å². The number of fused-ring (bicyclic) bond motifs is 1. The van der Waals surface area contributed by atoms with Crippen molar-refractivity contribution in [3.8, 4) is 0 Å². The van der Waals surface area contributed by atoms with Crippen molar-refractivity contribution in [1.82, 2.24) is 9.80 Å². The summed E-state index contributed by atoms with van der Waals surface area (Å²) in [6, 6.07) is 9.62. The Morgan fingerprint density at radius 2 is 1.94 bits per heavy atom. The molecule has 2 fully saturated rings. The molecule has 0 radical (unpaired) electrons. The Morgan fingerprint density at radius 1 is 1.17 bits per heavy atom. The summed E-state index contributed by atoms with van der Waals surface area (Å²) < 4.78 is 0. The SMILES string of the molecule is CC(c1ccc(Cl)cc1)N1CCN2CCCC2C1. The zero-order valence-corrected chi connectivity index (χ0v) is 11.7. The first kappa shape index (κ1) is 12.5. The van der Waals surface area contributed by atoms with E-state index in [0.29, 0.717) is 6.04 Å². The molecule has 2 unspecified atom stereocenters. The summed E-state index contributed by atoms with van der Waals surface area (Å²) in [6.07, 6.45) is 2.76. The topological polar surface area (TPSA) is 6.48 Å². The van der Waals surface area contributed by atoms with Crippen molar-refractivity contribution in [3.05, 3.63) is 34.9 Å². The Hall–Kier alpha value is -0.570. The summed E-state index contributed by atoms with van der Waals surface area (Å²) in [4.78, 5) is 5.28. The first-order valence-corrected chi connectivity index (χ1v) is 7.35. The normalized spacial score (nSPS) is 27.1. The summed E-state index contributed by atoms with van der Waals surface area (Å²) in [7, 11) is 0. The number of benzene rings is 1. The van der Waals surface area contributed by atoms with Crippen molar-refractivity contribution < 1.29 is 0 Å². The molecule has 1 aromatic carbocycles. The van der Waals surface area contributed by atoms with Gasteiger partial charge in [-0.25, -0.2) is 0 Å². The molecule has 98 valence electrons. The van der Waals surface area contributed by atoms with E-state index in [1.807, 2.05) is 12.1 Å². The molecular formula is C15H21ClN2. The van der Waals surface area contributed by atoms with Crippen LogP contribution in [0.4, 0.5) is 0 Å². The van der Waals surface area contributed by atoms with Crippen LogP contribution in [0.15, 0.2) is 24.3 Å². The average Bonchev–Trinajstić information content (AvgIpc) is 2.86. The Bertz CT molecular complexity index is 403. The maximum absolute atomic E-state index is 5.95. The summed E-state index contributed by atoms with van der Waals surface area (Å²) in [5, 5.41) is 0.826. The first-order chi connectivity index (χ1) is 8.74. The zero-order chi connectivity index (χ0) is 12.5. The van der Waals surface area contributed by atoms with Gasteiger partial charge < -0.3 is 0 Å². The number of rotatable bonds is 2. The largest absolute Gasteiger partial charge is 0.298 e. The van der Waals surface area contributed by atoms with Gasteiger partial charge in [0.2, 0.25) is 0 Å². The third kappa shape index (κ3) is 2.42. The molecule has 2 nitrogen and oxygen atoms in total. The summed E-state index contributed by atoms with van der Waals surface area (Å²) in [6.45, 7) is 7.29. The summed E-state index contributed by atoms with van der Waals surface area (Å²) in [5.74, 6) is 0. The van der Waals surface area contributed by atoms with Crippen LogP contribution in [-0.4, -0.2) is 42.0 Å². The maximum atomic E-state index is 5.95. The van der Waals surface area contributed by atoms with E-state index in [2.05, 4.69) is 28.9 Å². The van der Waals surface area contributed by atoms with Crippen molar-refractivity contribution >= 4 is 11.6 Å². The minimum atomic E-state index is 0.505. The smallest absolute Gasteiger partial charge is 0.0406 e. The second-order valence-corrected chi connectivity index (χ2v) is 5.99. The number of nitrogens with zero attached hydrogens (tertiary/aromatic N) is 2. The minimum absolute atomic E-state index is 0.505. The molecule has 2 aliphatic heterocycles. The minimum Gasteiger partial charge on any atom is -0.298 e. The van der Waals surface area contributed by atoms with E-state index in [0.717, 1.165) is 11.1 Å². The van der Waals surface area contributed by atoms with E-state index in [1.54, 1.807) is 0 Å². The van der Waals surface area contributed by atoms with Crippen LogP contribution >= 0.6 is 11.6 Å². The van der Waals surface area contributed by atoms with E-state index in [9.17, 15) is 0 Å². The van der Waals surface area contributed by atoms with Gasteiger partial charge in [-0.15, -0.1) is 0 Å². The molecule has 2 heterocycles. The molecule has 1 aromatic rings. The van der Waals surface area contributed by atoms with E-state index in [-0.39, 0.29) is 0 Å². The molecule has 0 saturated carbocycles. The quantitative estimate of drug-likeness (QED) is 0.810. The Kier molecular flexibility index (Phi) is 3.60. The Balaban J connectivity index is 1.69. The second kappa shape index (κ2) is 5.20. The first-order valence-electron chi connectivity index (χ1n) is 6.97. The van der Waals surface area contributed by atoms with Gasteiger partial charge in [-0.2, -0.15) is 0 Å². The van der Waals surface area contributed by atoms with E-state index in [4.69, 9.17) is 11.6 Å². The predicted octanol–water partition coefficient (Wildman–Crippen LogP) is 3.18. The van der Waals surface area contributed by atoms with Crippen LogP contribution in [0.2, 0.25) is 5.02 Å². The van der Waals surface area contributed by atoms with Gasteiger partial charge in [-0.05, 0) is 44.0 Å². The van der Waals surface area contributed by atoms with Crippen LogP contribution in [-0.2, 0) is 0 Å². The highest BCUT2D eigenvalue weighted by molar-refractivity contribution is 6.30. The van der Waals surface area contributed by atoms with Crippen molar-refractivity contribution in [2.75, 3.05) is 26.2 Å². The van der Waals surface area contributed by atoms with E-state index in [1.165, 1.54) is 44.6 Å². The number of piperazine rings is 1. The molecule has 2 atom stereocenters. The van der Waals surface area contributed by atoms with Crippen molar-refractivity contribution in [1.29, 1.82) is 0 Å². The molecule has 18 heavy (non-hydrogen) atoms. The van der Waals surface area contributed by atoms with Gasteiger partial charge in [0.1, 0.15) is 0 Å². The van der Waals surface area contributed by atoms with Crippen LogP contribution in [0.5, 0.6) is 0 Å². The zero-order valence-electron chi connectivity index (χ0n) is 11.0. The number of hydrogen-bond acceptors (Lipinski definition) is 2. The Labute approximate surface area is 115 Å². The highest BCUT2D eigenvalue weighted by Gasteiger charge is 2.32. The summed E-state index contributed by atoms with van der Waals surface area (Å²) in [5.41, 5.74) is 1.38. The van der Waals surface area contributed by atoms with Crippen LogP contribution in [0.25, 0.3) is 0 Å². The summed E-state index contributed by atoms with van der Waals surface area (Å²) >= 11 is 5.95. The molecule has 0 aromatic heterocycles. The molecule has 2 aliphatic rings. The highest BCUT2D eigenvalue weighted by atomic mass is 35.5. The molecule has 0 spiro atoms. The van der Waals surface area contributed by atoms with Gasteiger partial charge in [-0.1, -0.05) is 23.7 Å². The molecule has 0 N–H and O–H groups in total. The third-order valence-corrected chi connectivity index (χ3v) is 4.77. The van der Waals surface area contributed by atoms with Gasteiger partial charge in [-0.3, -0.25) is 9.80 Å². The van der Waals surface area contributed by atoms with Crippen molar-refractivity contribution in [2.45, 2.75) is 31.8 Å². The molecule has 0 bridgehead atoms. The fourth-order valence-corrected chi connectivity index (χ4v) is 3.45. The van der Waals surface area contributed by atoms with Crippen molar-refractivity contribution in [3.63, 3.8) is 0 Å². The second-order valence-electron chi connectivity index (χ2n) is 5.55. The fraction of sp³-hybridized carbons (Fsp3) is 0.600. The van der Waals surface area contributed by atoms with E-state index < -0.39 is 0 Å². The van der Waals surface area contributed by atoms with Gasteiger partial charge in [0, 0.05) is 36.7 Å².